The molecule has 0 spiro atoms. The minimum Gasteiger partial charge on any atom is -0.461 e. The summed E-state index contributed by atoms with van der Waals surface area (Å²) in [5.74, 6) is 1.01. The van der Waals surface area contributed by atoms with Crippen LogP contribution in [0.2, 0.25) is 0 Å². The topological polar surface area (TPSA) is 70.8 Å². The van der Waals surface area contributed by atoms with E-state index in [2.05, 4.69) is 0 Å². The standard InChI is InChI=1S/C24H28N2O4S/c1-3-21-20(19-11-7-8-12-22(19)30-21)17-25(2)24(27)23(18-9-5-4-6-10-18)26-13-15-31(28,29)16-14-26/h4-12,23H,3,13-17H2,1-2H3. The van der Waals surface area contributed by atoms with E-state index < -0.39 is 15.9 Å². The second-order valence-electron chi connectivity index (χ2n) is 8.05. The van der Waals surface area contributed by atoms with Crippen molar-refractivity contribution in [3.05, 3.63) is 71.5 Å². The summed E-state index contributed by atoms with van der Waals surface area (Å²) >= 11 is 0. The van der Waals surface area contributed by atoms with Crippen LogP contribution < -0.4 is 0 Å². The molecule has 1 saturated heterocycles. The highest BCUT2D eigenvalue weighted by Gasteiger charge is 2.34. The molecule has 3 aromatic rings. The number of amides is 1. The molecular formula is C24H28N2O4S. The highest BCUT2D eigenvalue weighted by molar-refractivity contribution is 7.91. The van der Waals surface area contributed by atoms with Crippen molar-refractivity contribution in [1.29, 1.82) is 0 Å². The van der Waals surface area contributed by atoms with E-state index in [0.717, 1.165) is 34.3 Å². The van der Waals surface area contributed by atoms with Gasteiger partial charge < -0.3 is 9.32 Å². The van der Waals surface area contributed by atoms with Crippen LogP contribution in [-0.2, 0) is 27.6 Å². The van der Waals surface area contributed by atoms with Crippen molar-refractivity contribution in [1.82, 2.24) is 9.80 Å². The minimum atomic E-state index is -3.03. The highest BCUT2D eigenvalue weighted by atomic mass is 32.2. The molecule has 164 valence electrons. The minimum absolute atomic E-state index is 0.0437. The maximum Gasteiger partial charge on any atom is 0.244 e. The number of hydrogen-bond donors (Lipinski definition) is 0. The number of hydrogen-bond acceptors (Lipinski definition) is 5. The largest absolute Gasteiger partial charge is 0.461 e. The van der Waals surface area contributed by atoms with Gasteiger partial charge in [0, 0.05) is 44.1 Å². The molecule has 31 heavy (non-hydrogen) atoms. The summed E-state index contributed by atoms with van der Waals surface area (Å²) in [6.07, 6.45) is 0.748. The third kappa shape index (κ3) is 4.52. The van der Waals surface area contributed by atoms with Gasteiger partial charge in [-0.05, 0) is 11.6 Å². The molecule has 0 N–H and O–H groups in total. The number of sulfone groups is 1. The normalized spacial score (nSPS) is 17.5. The Morgan fingerprint density at radius 1 is 1.06 bits per heavy atom. The Labute approximate surface area is 183 Å². The van der Waals surface area contributed by atoms with Gasteiger partial charge in [0.2, 0.25) is 5.91 Å². The van der Waals surface area contributed by atoms with Gasteiger partial charge in [0.15, 0.2) is 9.84 Å². The van der Waals surface area contributed by atoms with Crippen molar-refractivity contribution in [3.63, 3.8) is 0 Å². The molecule has 2 aromatic carbocycles. The van der Waals surface area contributed by atoms with Gasteiger partial charge in [-0.3, -0.25) is 9.69 Å². The van der Waals surface area contributed by atoms with Crippen LogP contribution in [0.25, 0.3) is 11.0 Å². The van der Waals surface area contributed by atoms with Gasteiger partial charge >= 0.3 is 0 Å². The Morgan fingerprint density at radius 3 is 2.39 bits per heavy atom. The second-order valence-corrected chi connectivity index (χ2v) is 10.4. The highest BCUT2D eigenvalue weighted by Crippen LogP contribution is 2.30. The lowest BCUT2D eigenvalue weighted by atomic mass is 10.0. The van der Waals surface area contributed by atoms with Crippen LogP contribution in [-0.4, -0.2) is 55.8 Å². The monoisotopic (exact) mass is 440 g/mol. The zero-order valence-corrected chi connectivity index (χ0v) is 18.8. The van der Waals surface area contributed by atoms with Crippen LogP contribution in [0.15, 0.2) is 59.0 Å². The third-order valence-corrected chi connectivity index (χ3v) is 7.58. The molecular weight excluding hydrogens is 412 g/mol. The molecule has 4 rings (SSSR count). The molecule has 0 radical (unpaired) electrons. The molecule has 0 saturated carbocycles. The summed E-state index contributed by atoms with van der Waals surface area (Å²) < 4.78 is 29.9. The number of carbonyl (C=O) groups excluding carboxylic acids is 1. The predicted molar refractivity (Wildman–Crippen MR) is 121 cm³/mol. The molecule has 1 aliphatic heterocycles. The fraction of sp³-hybridized carbons (Fsp3) is 0.375. The quantitative estimate of drug-likeness (QED) is 0.587. The van der Waals surface area contributed by atoms with E-state index in [4.69, 9.17) is 4.42 Å². The van der Waals surface area contributed by atoms with Crippen LogP contribution in [0.4, 0.5) is 0 Å². The van der Waals surface area contributed by atoms with Crippen molar-refractivity contribution in [2.75, 3.05) is 31.6 Å². The zero-order chi connectivity index (χ0) is 22.0. The number of benzene rings is 2. The number of likely N-dealkylation sites (N-methyl/N-ethyl adjacent to an activating group) is 1. The number of furan rings is 1. The molecule has 6 nitrogen and oxygen atoms in total. The van der Waals surface area contributed by atoms with E-state index in [1.165, 1.54) is 0 Å². The molecule has 1 fully saturated rings. The van der Waals surface area contributed by atoms with E-state index in [-0.39, 0.29) is 17.4 Å². The van der Waals surface area contributed by atoms with Crippen molar-refractivity contribution in [2.45, 2.75) is 25.9 Å². The lowest BCUT2D eigenvalue weighted by molar-refractivity contribution is -0.136. The van der Waals surface area contributed by atoms with Gasteiger partial charge in [-0.2, -0.15) is 0 Å². The number of rotatable bonds is 6. The smallest absolute Gasteiger partial charge is 0.244 e. The summed E-state index contributed by atoms with van der Waals surface area (Å²) in [5.41, 5.74) is 2.74. The van der Waals surface area contributed by atoms with Crippen molar-refractivity contribution in [3.8, 4) is 0 Å². The lowest BCUT2D eigenvalue weighted by Gasteiger charge is -2.35. The summed E-state index contributed by atoms with van der Waals surface area (Å²) in [7, 11) is -1.22. The SMILES string of the molecule is CCc1oc2ccccc2c1CN(C)C(=O)C(c1ccccc1)N1CCS(=O)(=O)CC1. The van der Waals surface area contributed by atoms with Gasteiger partial charge in [-0.1, -0.05) is 55.5 Å². The van der Waals surface area contributed by atoms with E-state index in [9.17, 15) is 13.2 Å². The van der Waals surface area contributed by atoms with Gasteiger partial charge in [0.05, 0.1) is 11.5 Å². The maximum absolute atomic E-state index is 13.7. The number of aryl methyl sites for hydroxylation is 1. The molecule has 0 aliphatic carbocycles. The first-order chi connectivity index (χ1) is 14.9. The molecule has 1 unspecified atom stereocenters. The molecule has 7 heteroatoms. The van der Waals surface area contributed by atoms with Crippen LogP contribution >= 0.6 is 0 Å². The Kier molecular flexibility index (Phi) is 6.16. The average molecular weight is 441 g/mol. The fourth-order valence-corrected chi connectivity index (χ4v) is 5.49. The number of carbonyl (C=O) groups is 1. The van der Waals surface area contributed by atoms with Crippen LogP contribution in [0.5, 0.6) is 0 Å². The zero-order valence-electron chi connectivity index (χ0n) is 18.0. The molecule has 1 amide bonds. The van der Waals surface area contributed by atoms with Crippen LogP contribution in [0, 0.1) is 0 Å². The van der Waals surface area contributed by atoms with Gasteiger partial charge in [0.25, 0.3) is 0 Å². The van der Waals surface area contributed by atoms with E-state index in [0.29, 0.717) is 19.6 Å². The van der Waals surface area contributed by atoms with Gasteiger partial charge in [0.1, 0.15) is 17.4 Å². The molecule has 1 aliphatic rings. The summed E-state index contributed by atoms with van der Waals surface area (Å²) in [6.45, 7) is 3.20. The Balaban J connectivity index is 1.63. The Bertz CT molecular complexity index is 1160. The fourth-order valence-electron chi connectivity index (χ4n) is 4.26. The van der Waals surface area contributed by atoms with Crippen molar-refractivity contribution in [2.24, 2.45) is 0 Å². The summed E-state index contributed by atoms with van der Waals surface area (Å²) in [6, 6.07) is 17.0. The Morgan fingerprint density at radius 2 is 1.71 bits per heavy atom. The molecule has 0 bridgehead atoms. The molecule has 2 heterocycles. The Hall–Kier alpha value is -2.64. The summed E-state index contributed by atoms with van der Waals surface area (Å²) in [4.78, 5) is 17.4. The third-order valence-electron chi connectivity index (χ3n) is 5.97. The van der Waals surface area contributed by atoms with Gasteiger partial charge in [-0.15, -0.1) is 0 Å². The number of para-hydroxylation sites is 1. The van der Waals surface area contributed by atoms with Crippen LogP contribution in [0.1, 0.15) is 29.9 Å². The second kappa shape index (κ2) is 8.85. The number of nitrogens with zero attached hydrogens (tertiary/aromatic N) is 2. The van der Waals surface area contributed by atoms with Gasteiger partial charge in [-0.25, -0.2) is 8.42 Å². The molecule has 1 atom stereocenters. The average Bonchev–Trinajstić information content (AvgIpc) is 3.13. The first kappa shape index (κ1) is 21.6. The summed E-state index contributed by atoms with van der Waals surface area (Å²) in [5, 5.41) is 1.03. The first-order valence-electron chi connectivity index (χ1n) is 10.6. The number of fused-ring (bicyclic) bond motifs is 1. The van der Waals surface area contributed by atoms with E-state index in [1.54, 1.807) is 11.9 Å². The first-order valence-corrected chi connectivity index (χ1v) is 12.5. The lowest BCUT2D eigenvalue weighted by Crippen LogP contribution is -2.47. The predicted octanol–water partition coefficient (Wildman–Crippen LogP) is 3.43. The van der Waals surface area contributed by atoms with Crippen molar-refractivity contribution >= 4 is 26.7 Å². The van der Waals surface area contributed by atoms with Crippen molar-refractivity contribution < 1.29 is 17.6 Å². The van der Waals surface area contributed by atoms with Crippen LogP contribution in [0.3, 0.4) is 0 Å². The molecule has 1 aromatic heterocycles. The van der Waals surface area contributed by atoms with E-state index >= 15 is 0 Å². The van der Waals surface area contributed by atoms with E-state index in [1.807, 2.05) is 66.4 Å². The maximum atomic E-state index is 13.7.